The third-order valence-corrected chi connectivity index (χ3v) is 4.59. The Balaban J connectivity index is 1.90. The summed E-state index contributed by atoms with van der Waals surface area (Å²) in [4.78, 5) is 6.77. The Bertz CT molecular complexity index is 541. The zero-order valence-electron chi connectivity index (χ0n) is 13.7. The van der Waals surface area contributed by atoms with Crippen molar-refractivity contribution >= 4 is 0 Å². The highest BCUT2D eigenvalue weighted by Crippen LogP contribution is 2.20. The summed E-state index contributed by atoms with van der Waals surface area (Å²) in [5, 5.41) is 0. The van der Waals surface area contributed by atoms with Gasteiger partial charge >= 0.3 is 0 Å². The minimum absolute atomic E-state index is 0.0185. The maximum atomic E-state index is 6.08. The van der Waals surface area contributed by atoms with Gasteiger partial charge in [0.05, 0.1) is 0 Å². The molecular formula is C19H27N3. The van der Waals surface area contributed by atoms with Crippen LogP contribution in [0.1, 0.15) is 24.6 Å². The first-order valence-corrected chi connectivity index (χ1v) is 7.99. The summed E-state index contributed by atoms with van der Waals surface area (Å²) in [7, 11) is 2.17. The molecule has 22 heavy (non-hydrogen) atoms. The molecule has 0 spiro atoms. The Hall–Kier alpha value is -1.71. The van der Waals surface area contributed by atoms with Gasteiger partial charge in [0, 0.05) is 36.9 Å². The number of aryl methyl sites for hydroxylation is 1. The minimum atomic E-state index is 0.0185. The van der Waals surface area contributed by atoms with Crippen molar-refractivity contribution in [3.8, 4) is 0 Å². The van der Waals surface area contributed by atoms with Crippen molar-refractivity contribution in [2.45, 2.75) is 31.7 Å². The van der Waals surface area contributed by atoms with E-state index in [1.54, 1.807) is 0 Å². The van der Waals surface area contributed by atoms with Crippen LogP contribution in [0, 0.1) is 0 Å². The normalized spacial score (nSPS) is 14.0. The summed E-state index contributed by atoms with van der Waals surface area (Å²) in [6.45, 7) is 3.90. The van der Waals surface area contributed by atoms with E-state index in [4.69, 9.17) is 5.73 Å². The van der Waals surface area contributed by atoms with Crippen molar-refractivity contribution in [3.63, 3.8) is 0 Å². The largest absolute Gasteiger partial charge is 0.329 e. The zero-order valence-corrected chi connectivity index (χ0v) is 13.7. The van der Waals surface area contributed by atoms with Gasteiger partial charge in [-0.15, -0.1) is 0 Å². The molecule has 0 saturated carbocycles. The number of rotatable bonds is 8. The second-order valence-electron chi connectivity index (χ2n) is 6.18. The van der Waals surface area contributed by atoms with Gasteiger partial charge in [-0.25, -0.2) is 0 Å². The Morgan fingerprint density at radius 1 is 1.05 bits per heavy atom. The fourth-order valence-corrected chi connectivity index (χ4v) is 2.61. The summed E-state index contributed by atoms with van der Waals surface area (Å²) in [5.74, 6) is 0. The Morgan fingerprint density at radius 3 is 2.41 bits per heavy atom. The SMILES string of the molecule is CN(CCc1ccccn1)C(C)(CN)CCc1ccccc1. The van der Waals surface area contributed by atoms with Crippen LogP contribution in [0.2, 0.25) is 0 Å². The number of hydrogen-bond donors (Lipinski definition) is 1. The zero-order chi connectivity index (χ0) is 15.8. The number of likely N-dealkylation sites (N-methyl/N-ethyl adjacent to an activating group) is 1. The van der Waals surface area contributed by atoms with E-state index in [-0.39, 0.29) is 5.54 Å². The Kier molecular flexibility index (Phi) is 6.10. The molecule has 1 atom stereocenters. The van der Waals surface area contributed by atoms with Crippen LogP contribution in [0.5, 0.6) is 0 Å². The van der Waals surface area contributed by atoms with Crippen LogP contribution in [-0.4, -0.2) is 35.6 Å². The first kappa shape index (κ1) is 16.7. The highest BCUT2D eigenvalue weighted by atomic mass is 15.2. The molecule has 118 valence electrons. The Labute approximate surface area is 134 Å². The monoisotopic (exact) mass is 297 g/mol. The van der Waals surface area contributed by atoms with E-state index in [0.717, 1.165) is 31.5 Å². The fourth-order valence-electron chi connectivity index (χ4n) is 2.61. The lowest BCUT2D eigenvalue weighted by Crippen LogP contribution is -2.50. The molecule has 0 aliphatic heterocycles. The average Bonchev–Trinajstić information content (AvgIpc) is 2.59. The Morgan fingerprint density at radius 2 is 1.77 bits per heavy atom. The highest BCUT2D eigenvalue weighted by molar-refractivity contribution is 5.15. The molecule has 1 aromatic carbocycles. The van der Waals surface area contributed by atoms with Crippen LogP contribution in [0.15, 0.2) is 54.7 Å². The van der Waals surface area contributed by atoms with Crippen LogP contribution < -0.4 is 5.73 Å². The van der Waals surface area contributed by atoms with Gasteiger partial charge in [-0.1, -0.05) is 36.4 Å². The van der Waals surface area contributed by atoms with E-state index in [0.29, 0.717) is 6.54 Å². The van der Waals surface area contributed by atoms with Gasteiger partial charge in [0.25, 0.3) is 0 Å². The fraction of sp³-hybridized carbons (Fsp3) is 0.421. The maximum Gasteiger partial charge on any atom is 0.0416 e. The number of nitrogens with zero attached hydrogens (tertiary/aromatic N) is 2. The third-order valence-electron chi connectivity index (χ3n) is 4.59. The molecule has 3 nitrogen and oxygen atoms in total. The van der Waals surface area contributed by atoms with E-state index in [9.17, 15) is 0 Å². The molecule has 2 aromatic rings. The van der Waals surface area contributed by atoms with E-state index in [1.165, 1.54) is 5.56 Å². The van der Waals surface area contributed by atoms with Gasteiger partial charge in [0.1, 0.15) is 0 Å². The summed E-state index contributed by atoms with van der Waals surface area (Å²) in [5.41, 5.74) is 8.61. The number of pyridine rings is 1. The second kappa shape index (κ2) is 8.06. The van der Waals surface area contributed by atoms with Gasteiger partial charge in [-0.05, 0) is 44.5 Å². The molecule has 2 rings (SSSR count). The molecule has 2 N–H and O–H groups in total. The van der Waals surface area contributed by atoms with Gasteiger partial charge in [0.2, 0.25) is 0 Å². The van der Waals surface area contributed by atoms with Gasteiger partial charge in [0.15, 0.2) is 0 Å². The third kappa shape index (κ3) is 4.65. The highest BCUT2D eigenvalue weighted by Gasteiger charge is 2.27. The van der Waals surface area contributed by atoms with Crippen LogP contribution in [0.3, 0.4) is 0 Å². The lowest BCUT2D eigenvalue weighted by molar-refractivity contribution is 0.135. The predicted octanol–water partition coefficient (Wildman–Crippen LogP) is 2.91. The first-order valence-electron chi connectivity index (χ1n) is 7.99. The van der Waals surface area contributed by atoms with Crippen molar-refractivity contribution < 1.29 is 0 Å². The van der Waals surface area contributed by atoms with E-state index >= 15 is 0 Å². The molecule has 0 fully saturated rings. The van der Waals surface area contributed by atoms with Crippen molar-refractivity contribution in [2.75, 3.05) is 20.1 Å². The topological polar surface area (TPSA) is 42.2 Å². The van der Waals surface area contributed by atoms with E-state index < -0.39 is 0 Å². The van der Waals surface area contributed by atoms with E-state index in [1.807, 2.05) is 18.3 Å². The minimum Gasteiger partial charge on any atom is -0.329 e. The molecule has 1 unspecified atom stereocenters. The van der Waals surface area contributed by atoms with Crippen LogP contribution in [0.25, 0.3) is 0 Å². The standard InChI is InChI=1S/C19H27N3/c1-19(16-20,13-11-17-8-4-3-5-9-17)22(2)15-12-18-10-6-7-14-21-18/h3-10,14H,11-13,15-16,20H2,1-2H3. The quantitative estimate of drug-likeness (QED) is 0.814. The van der Waals surface area contributed by atoms with E-state index in [2.05, 4.69) is 60.3 Å². The van der Waals surface area contributed by atoms with Crippen molar-refractivity contribution in [1.82, 2.24) is 9.88 Å². The van der Waals surface area contributed by atoms with Crippen LogP contribution >= 0.6 is 0 Å². The lowest BCUT2D eigenvalue weighted by atomic mass is 9.91. The molecule has 3 heteroatoms. The summed E-state index contributed by atoms with van der Waals surface area (Å²) >= 11 is 0. The number of nitrogens with two attached hydrogens (primary N) is 1. The molecule has 0 radical (unpaired) electrons. The number of benzene rings is 1. The summed E-state index contributed by atoms with van der Waals surface area (Å²) in [6.07, 6.45) is 4.93. The van der Waals surface area contributed by atoms with Gasteiger partial charge < -0.3 is 5.73 Å². The summed E-state index contributed by atoms with van der Waals surface area (Å²) < 4.78 is 0. The lowest BCUT2D eigenvalue weighted by Gasteiger charge is -2.38. The average molecular weight is 297 g/mol. The molecule has 0 aliphatic carbocycles. The van der Waals surface area contributed by atoms with Crippen LogP contribution in [0.4, 0.5) is 0 Å². The van der Waals surface area contributed by atoms with Gasteiger partial charge in [-0.3, -0.25) is 9.88 Å². The molecule has 0 aliphatic rings. The maximum absolute atomic E-state index is 6.08. The number of aromatic nitrogens is 1. The molecule has 1 heterocycles. The molecule has 1 aromatic heterocycles. The predicted molar refractivity (Wildman–Crippen MR) is 92.8 cm³/mol. The van der Waals surface area contributed by atoms with Crippen molar-refractivity contribution in [2.24, 2.45) is 5.73 Å². The summed E-state index contributed by atoms with van der Waals surface area (Å²) in [6, 6.07) is 16.7. The first-order chi connectivity index (χ1) is 10.6. The van der Waals surface area contributed by atoms with Crippen molar-refractivity contribution in [3.05, 3.63) is 66.0 Å². The number of hydrogen-bond acceptors (Lipinski definition) is 3. The molecule has 0 bridgehead atoms. The smallest absolute Gasteiger partial charge is 0.0416 e. The van der Waals surface area contributed by atoms with Gasteiger partial charge in [-0.2, -0.15) is 0 Å². The molecule has 0 saturated heterocycles. The molecular weight excluding hydrogens is 270 g/mol. The van der Waals surface area contributed by atoms with Crippen molar-refractivity contribution in [1.29, 1.82) is 0 Å². The second-order valence-corrected chi connectivity index (χ2v) is 6.18. The molecule has 0 amide bonds. The van der Waals surface area contributed by atoms with Crippen LogP contribution in [-0.2, 0) is 12.8 Å².